The SMILES string of the molecule is CCCCC1CCCCCCCCOC1=O. The van der Waals surface area contributed by atoms with Crippen LogP contribution in [0.4, 0.5) is 0 Å². The molecular weight excluding hydrogens is 200 g/mol. The Kier molecular flexibility index (Phi) is 7.28. The summed E-state index contributed by atoms with van der Waals surface area (Å²) < 4.78 is 5.34. The molecule has 1 unspecified atom stereocenters. The number of hydrogen-bond donors (Lipinski definition) is 0. The Morgan fingerprint density at radius 3 is 2.56 bits per heavy atom. The van der Waals surface area contributed by atoms with Gasteiger partial charge in [0, 0.05) is 0 Å². The first-order valence-electron chi connectivity index (χ1n) is 7.01. The minimum Gasteiger partial charge on any atom is -0.465 e. The molecule has 0 spiro atoms. The molecule has 1 fully saturated rings. The lowest BCUT2D eigenvalue weighted by Crippen LogP contribution is -2.18. The molecule has 2 heteroatoms. The molecule has 0 bridgehead atoms. The normalized spacial score (nSPS) is 24.6. The number of esters is 1. The third kappa shape index (κ3) is 5.53. The van der Waals surface area contributed by atoms with Crippen molar-refractivity contribution in [1.29, 1.82) is 0 Å². The summed E-state index contributed by atoms with van der Waals surface area (Å²) in [4.78, 5) is 11.8. The first-order chi connectivity index (χ1) is 7.84. The molecule has 0 aromatic rings. The molecule has 1 rings (SSSR count). The fraction of sp³-hybridized carbons (Fsp3) is 0.929. The Bertz CT molecular complexity index is 189. The number of cyclic esters (lactones) is 1. The number of carbonyl (C=O) groups is 1. The molecule has 1 atom stereocenters. The van der Waals surface area contributed by atoms with E-state index in [1.807, 2.05) is 0 Å². The summed E-state index contributed by atoms with van der Waals surface area (Å²) in [5.41, 5.74) is 0. The number of ether oxygens (including phenoxy) is 1. The molecule has 0 radical (unpaired) electrons. The van der Waals surface area contributed by atoms with E-state index in [9.17, 15) is 4.79 Å². The largest absolute Gasteiger partial charge is 0.465 e. The second-order valence-corrected chi connectivity index (χ2v) is 4.92. The average molecular weight is 226 g/mol. The van der Waals surface area contributed by atoms with Gasteiger partial charge in [-0.2, -0.15) is 0 Å². The first-order valence-corrected chi connectivity index (χ1v) is 7.01. The fourth-order valence-corrected chi connectivity index (χ4v) is 2.32. The monoisotopic (exact) mass is 226 g/mol. The zero-order valence-corrected chi connectivity index (χ0v) is 10.7. The highest BCUT2D eigenvalue weighted by Gasteiger charge is 2.19. The van der Waals surface area contributed by atoms with Crippen LogP contribution in [0.15, 0.2) is 0 Å². The molecule has 1 saturated heterocycles. The van der Waals surface area contributed by atoms with Crippen molar-refractivity contribution in [3.05, 3.63) is 0 Å². The summed E-state index contributed by atoms with van der Waals surface area (Å²) in [5.74, 6) is 0.244. The molecule has 94 valence electrons. The number of rotatable bonds is 3. The van der Waals surface area contributed by atoms with Gasteiger partial charge >= 0.3 is 5.97 Å². The van der Waals surface area contributed by atoms with Crippen LogP contribution in [0.1, 0.15) is 71.1 Å². The Morgan fingerprint density at radius 2 is 1.81 bits per heavy atom. The lowest BCUT2D eigenvalue weighted by molar-refractivity contribution is -0.149. The third-order valence-corrected chi connectivity index (χ3v) is 3.43. The minimum atomic E-state index is 0.0651. The molecule has 0 N–H and O–H groups in total. The zero-order chi connectivity index (χ0) is 11.6. The van der Waals surface area contributed by atoms with Crippen LogP contribution in [-0.4, -0.2) is 12.6 Å². The summed E-state index contributed by atoms with van der Waals surface area (Å²) in [6, 6.07) is 0. The van der Waals surface area contributed by atoms with Crippen molar-refractivity contribution < 1.29 is 9.53 Å². The molecule has 1 aliphatic rings. The molecule has 2 nitrogen and oxygen atoms in total. The van der Waals surface area contributed by atoms with Gasteiger partial charge in [-0.15, -0.1) is 0 Å². The number of hydrogen-bond acceptors (Lipinski definition) is 2. The van der Waals surface area contributed by atoms with E-state index in [0.717, 1.165) is 25.7 Å². The van der Waals surface area contributed by atoms with Gasteiger partial charge in [0.2, 0.25) is 0 Å². The van der Waals surface area contributed by atoms with Crippen LogP contribution >= 0.6 is 0 Å². The predicted molar refractivity (Wildman–Crippen MR) is 66.3 cm³/mol. The van der Waals surface area contributed by atoms with Gasteiger partial charge in [-0.3, -0.25) is 4.79 Å². The highest BCUT2D eigenvalue weighted by molar-refractivity contribution is 5.72. The molecule has 0 amide bonds. The van der Waals surface area contributed by atoms with Crippen molar-refractivity contribution in [1.82, 2.24) is 0 Å². The van der Waals surface area contributed by atoms with Crippen LogP contribution in [-0.2, 0) is 9.53 Å². The summed E-state index contributed by atoms with van der Waals surface area (Å²) in [5, 5.41) is 0. The van der Waals surface area contributed by atoms with E-state index in [-0.39, 0.29) is 11.9 Å². The van der Waals surface area contributed by atoms with Gasteiger partial charge < -0.3 is 4.74 Å². The Balaban J connectivity index is 2.38. The predicted octanol–water partition coefficient (Wildman–Crippen LogP) is 4.08. The Labute approximate surface area is 99.8 Å². The van der Waals surface area contributed by atoms with Gasteiger partial charge in [0.05, 0.1) is 12.5 Å². The lowest BCUT2D eigenvalue weighted by Gasteiger charge is -2.14. The van der Waals surface area contributed by atoms with E-state index >= 15 is 0 Å². The van der Waals surface area contributed by atoms with E-state index in [4.69, 9.17) is 4.74 Å². The molecule has 0 aromatic carbocycles. The van der Waals surface area contributed by atoms with Gasteiger partial charge in [-0.05, 0) is 19.3 Å². The first kappa shape index (κ1) is 13.5. The molecular formula is C14H26O2. The van der Waals surface area contributed by atoms with Crippen LogP contribution in [0.2, 0.25) is 0 Å². The van der Waals surface area contributed by atoms with Crippen LogP contribution < -0.4 is 0 Å². The summed E-state index contributed by atoms with van der Waals surface area (Å²) in [6.45, 7) is 2.82. The molecule has 0 aromatic heterocycles. The van der Waals surface area contributed by atoms with E-state index in [2.05, 4.69) is 6.92 Å². The van der Waals surface area contributed by atoms with E-state index in [1.54, 1.807) is 0 Å². The third-order valence-electron chi connectivity index (χ3n) is 3.43. The maximum Gasteiger partial charge on any atom is 0.308 e. The van der Waals surface area contributed by atoms with E-state index in [0.29, 0.717) is 6.61 Å². The maximum absolute atomic E-state index is 11.8. The highest BCUT2D eigenvalue weighted by Crippen LogP contribution is 2.20. The summed E-state index contributed by atoms with van der Waals surface area (Å²) >= 11 is 0. The van der Waals surface area contributed by atoms with Gasteiger partial charge in [0.25, 0.3) is 0 Å². The molecule has 1 heterocycles. The fourth-order valence-electron chi connectivity index (χ4n) is 2.32. The number of unbranched alkanes of at least 4 members (excludes halogenated alkanes) is 1. The van der Waals surface area contributed by atoms with Crippen molar-refractivity contribution in [2.75, 3.05) is 6.61 Å². The zero-order valence-electron chi connectivity index (χ0n) is 10.7. The summed E-state index contributed by atoms with van der Waals surface area (Å²) in [6.07, 6.45) is 11.8. The summed E-state index contributed by atoms with van der Waals surface area (Å²) in [7, 11) is 0. The van der Waals surface area contributed by atoms with Crippen LogP contribution in [0.5, 0.6) is 0 Å². The molecule has 0 aliphatic carbocycles. The van der Waals surface area contributed by atoms with Crippen molar-refractivity contribution >= 4 is 5.97 Å². The second-order valence-electron chi connectivity index (χ2n) is 4.92. The molecule has 0 saturated carbocycles. The van der Waals surface area contributed by atoms with Crippen LogP contribution in [0.25, 0.3) is 0 Å². The smallest absolute Gasteiger partial charge is 0.308 e. The standard InChI is InChI=1S/C14H26O2/c1-2-3-10-13-11-8-6-4-5-7-9-12-16-14(13)15/h13H,2-12H2,1H3. The van der Waals surface area contributed by atoms with Crippen molar-refractivity contribution in [2.45, 2.75) is 71.1 Å². The maximum atomic E-state index is 11.8. The quantitative estimate of drug-likeness (QED) is 0.678. The van der Waals surface area contributed by atoms with Gasteiger partial charge in [0.1, 0.15) is 0 Å². The van der Waals surface area contributed by atoms with Gasteiger partial charge in [-0.25, -0.2) is 0 Å². The Morgan fingerprint density at radius 1 is 1.12 bits per heavy atom. The van der Waals surface area contributed by atoms with Crippen molar-refractivity contribution in [3.8, 4) is 0 Å². The lowest BCUT2D eigenvalue weighted by atomic mass is 9.95. The highest BCUT2D eigenvalue weighted by atomic mass is 16.5. The minimum absolute atomic E-state index is 0.0651. The van der Waals surface area contributed by atoms with Crippen molar-refractivity contribution in [3.63, 3.8) is 0 Å². The Hall–Kier alpha value is -0.530. The molecule has 1 aliphatic heterocycles. The number of carbonyl (C=O) groups excluding carboxylic acids is 1. The van der Waals surface area contributed by atoms with E-state index in [1.165, 1.54) is 38.5 Å². The van der Waals surface area contributed by atoms with E-state index < -0.39 is 0 Å². The second kappa shape index (κ2) is 8.60. The average Bonchev–Trinajstić information content (AvgIpc) is 2.33. The van der Waals surface area contributed by atoms with Crippen molar-refractivity contribution in [2.24, 2.45) is 5.92 Å². The van der Waals surface area contributed by atoms with Crippen LogP contribution in [0.3, 0.4) is 0 Å². The topological polar surface area (TPSA) is 26.3 Å². The molecule has 16 heavy (non-hydrogen) atoms. The van der Waals surface area contributed by atoms with Crippen LogP contribution in [0, 0.1) is 5.92 Å². The van der Waals surface area contributed by atoms with Gasteiger partial charge in [-0.1, -0.05) is 51.9 Å². The van der Waals surface area contributed by atoms with Gasteiger partial charge in [0.15, 0.2) is 0 Å².